The number of hydrogen-bond acceptors (Lipinski definition) is 4. The van der Waals surface area contributed by atoms with Crippen LogP contribution in [0.1, 0.15) is 62.8 Å². The highest BCUT2D eigenvalue weighted by Crippen LogP contribution is 2.52. The second-order valence-electron chi connectivity index (χ2n) is 12.3. The lowest BCUT2D eigenvalue weighted by atomic mass is 9.85. The van der Waals surface area contributed by atoms with Gasteiger partial charge in [0.2, 0.25) is 0 Å². The Morgan fingerprint density at radius 2 is 1.35 bits per heavy atom. The van der Waals surface area contributed by atoms with Crippen molar-refractivity contribution in [3.05, 3.63) is 154 Å². The number of anilines is 1. The summed E-state index contributed by atoms with van der Waals surface area (Å²) in [6.45, 7) is 13.9. The first-order valence-corrected chi connectivity index (χ1v) is 17.7. The van der Waals surface area contributed by atoms with E-state index in [0.29, 0.717) is 28.4 Å². The molecule has 4 nitrogen and oxygen atoms in total. The smallest absolute Gasteiger partial charge is 0.157 e. The number of hydrogen-bond donors (Lipinski definition) is 1. The summed E-state index contributed by atoms with van der Waals surface area (Å²) in [5.74, 6) is 0.991. The van der Waals surface area contributed by atoms with Crippen LogP contribution in [0.25, 0.3) is 0 Å². The van der Waals surface area contributed by atoms with Crippen LogP contribution < -0.4 is 10.2 Å². The zero-order chi connectivity index (χ0) is 32.9. The van der Waals surface area contributed by atoms with Gasteiger partial charge < -0.3 is 10.2 Å². The van der Waals surface area contributed by atoms with Gasteiger partial charge in [-0.3, -0.25) is 9.97 Å². The molecule has 4 aromatic rings. The molecule has 1 atom stereocenters. The van der Waals surface area contributed by atoms with Crippen LogP contribution in [0.5, 0.6) is 0 Å². The molecule has 2 aliphatic rings. The number of benzene rings is 2. The Bertz CT molecular complexity index is 1870. The molecule has 1 saturated heterocycles. The van der Waals surface area contributed by atoms with Crippen molar-refractivity contribution in [3.63, 3.8) is 0 Å². The SMILES string of the molecule is Cc1cc(C)c(C2CNC(=C3CC=CC(C(Cl)(c4ncccc4Br)c4ncccc4Br)=C3Cl)N2c2c(C)cc(C)cc2C)c(C)c1. The number of alkyl halides is 1. The van der Waals surface area contributed by atoms with Crippen molar-refractivity contribution in [2.24, 2.45) is 0 Å². The van der Waals surface area contributed by atoms with Crippen molar-refractivity contribution < 1.29 is 0 Å². The van der Waals surface area contributed by atoms with Gasteiger partial charge in [-0.25, -0.2) is 0 Å². The van der Waals surface area contributed by atoms with Gasteiger partial charge in [-0.2, -0.15) is 0 Å². The summed E-state index contributed by atoms with van der Waals surface area (Å²) in [4.78, 5) is 10.7. The molecule has 6 rings (SSSR count). The van der Waals surface area contributed by atoms with Crippen LogP contribution in [0.15, 0.2) is 104 Å². The second kappa shape index (κ2) is 13.0. The predicted molar refractivity (Wildman–Crippen MR) is 199 cm³/mol. The Kier molecular flexibility index (Phi) is 9.30. The molecule has 1 aliphatic carbocycles. The first-order chi connectivity index (χ1) is 21.9. The molecule has 0 spiro atoms. The van der Waals surface area contributed by atoms with Gasteiger partial charge in [-0.1, -0.05) is 70.7 Å². The lowest BCUT2D eigenvalue weighted by Gasteiger charge is -2.35. The minimum Gasteiger partial charge on any atom is -0.369 e. The molecular formula is C38H36Br2Cl2N4. The lowest BCUT2D eigenvalue weighted by Crippen LogP contribution is -2.30. The molecule has 1 unspecified atom stereocenters. The van der Waals surface area contributed by atoms with Crippen LogP contribution in [0, 0.1) is 41.5 Å². The maximum atomic E-state index is 7.81. The fourth-order valence-electron chi connectivity index (χ4n) is 7.28. The Morgan fingerprint density at radius 3 is 1.87 bits per heavy atom. The third kappa shape index (κ3) is 5.66. The number of rotatable bonds is 5. The van der Waals surface area contributed by atoms with E-state index in [-0.39, 0.29) is 6.04 Å². The Labute approximate surface area is 298 Å². The first kappa shape index (κ1) is 33.0. The zero-order valence-corrected chi connectivity index (χ0v) is 31.5. The van der Waals surface area contributed by atoms with Gasteiger partial charge in [0.05, 0.1) is 22.5 Å². The Balaban J connectivity index is 1.63. The standard InChI is InChI=1S/C38H36Br2Cl2N4/c1-21-16-23(3)32(24(4)17-21)31-20-45-37(46(31)34-25(5)18-22(2)19-26(34)6)27-10-7-11-28(33(27)41)38(42,35-29(39)12-8-14-43-35)36-30(40)13-9-15-44-36/h7-9,11-19,31,45H,10,20H2,1-6H3. The van der Waals surface area contributed by atoms with Crippen molar-refractivity contribution in [3.8, 4) is 0 Å². The molecule has 0 saturated carbocycles. The largest absolute Gasteiger partial charge is 0.369 e. The van der Waals surface area contributed by atoms with Crippen LogP contribution in [0.2, 0.25) is 0 Å². The van der Waals surface area contributed by atoms with Gasteiger partial charge >= 0.3 is 0 Å². The molecule has 3 heterocycles. The van der Waals surface area contributed by atoms with Crippen LogP contribution in [0.4, 0.5) is 5.69 Å². The van der Waals surface area contributed by atoms with Crippen molar-refractivity contribution in [1.29, 1.82) is 0 Å². The fourth-order valence-corrected chi connectivity index (χ4v) is 9.49. The third-order valence-corrected chi connectivity index (χ3v) is 11.2. The van der Waals surface area contributed by atoms with E-state index in [2.05, 4.69) is 114 Å². The van der Waals surface area contributed by atoms with Crippen molar-refractivity contribution in [1.82, 2.24) is 15.3 Å². The summed E-state index contributed by atoms with van der Waals surface area (Å²) in [6.07, 6.45) is 8.29. The average Bonchev–Trinajstić information content (AvgIpc) is 3.40. The molecule has 1 N–H and O–H groups in total. The molecule has 2 aromatic carbocycles. The normalized spacial score (nSPS) is 18.4. The number of nitrogens with one attached hydrogen (secondary N) is 1. The maximum absolute atomic E-state index is 7.81. The van der Waals surface area contributed by atoms with E-state index in [0.717, 1.165) is 26.9 Å². The molecule has 46 heavy (non-hydrogen) atoms. The molecular weight excluding hydrogens is 743 g/mol. The Morgan fingerprint density at radius 1 is 0.826 bits per heavy atom. The maximum Gasteiger partial charge on any atom is 0.157 e. The number of allylic oxidation sites excluding steroid dienone is 5. The van der Waals surface area contributed by atoms with Gasteiger partial charge in [0, 0.05) is 44.7 Å². The summed E-state index contributed by atoms with van der Waals surface area (Å²) in [5.41, 5.74) is 13.0. The van der Waals surface area contributed by atoms with E-state index >= 15 is 0 Å². The summed E-state index contributed by atoms with van der Waals surface area (Å²) in [6, 6.07) is 16.8. The summed E-state index contributed by atoms with van der Waals surface area (Å²) in [5, 5.41) is 4.41. The highest BCUT2D eigenvalue weighted by atomic mass is 79.9. The predicted octanol–water partition coefficient (Wildman–Crippen LogP) is 10.9. The van der Waals surface area contributed by atoms with Crippen LogP contribution in [-0.2, 0) is 4.87 Å². The van der Waals surface area contributed by atoms with Gasteiger partial charge in [-0.05, 0) is 132 Å². The third-order valence-electron chi connectivity index (χ3n) is 8.90. The van der Waals surface area contributed by atoms with Gasteiger partial charge in [0.25, 0.3) is 0 Å². The van der Waals surface area contributed by atoms with Crippen molar-refractivity contribution >= 4 is 60.7 Å². The van der Waals surface area contributed by atoms with Crippen molar-refractivity contribution in [2.45, 2.75) is 58.9 Å². The number of halogens is 4. The second-order valence-corrected chi connectivity index (χ2v) is 15.0. The molecule has 0 bridgehead atoms. The minimum absolute atomic E-state index is 0.0673. The highest BCUT2D eigenvalue weighted by Gasteiger charge is 2.45. The molecule has 2 aromatic heterocycles. The molecule has 1 aliphatic heterocycles. The van der Waals surface area contributed by atoms with Crippen LogP contribution in [-0.4, -0.2) is 16.5 Å². The summed E-state index contributed by atoms with van der Waals surface area (Å²) < 4.78 is 1.54. The monoisotopic (exact) mass is 776 g/mol. The fraction of sp³-hybridized carbons (Fsp3) is 0.263. The molecule has 236 valence electrons. The van der Waals surface area contributed by atoms with E-state index in [1.807, 2.05) is 30.3 Å². The van der Waals surface area contributed by atoms with Crippen LogP contribution in [0.3, 0.4) is 0 Å². The highest BCUT2D eigenvalue weighted by molar-refractivity contribution is 9.10. The number of aromatic nitrogens is 2. The topological polar surface area (TPSA) is 41.1 Å². The summed E-state index contributed by atoms with van der Waals surface area (Å²) in [7, 11) is 0. The zero-order valence-electron chi connectivity index (χ0n) is 26.8. The molecule has 0 amide bonds. The number of nitrogens with zero attached hydrogens (tertiary/aromatic N) is 3. The molecule has 0 radical (unpaired) electrons. The van der Waals surface area contributed by atoms with Crippen molar-refractivity contribution in [2.75, 3.05) is 11.4 Å². The molecule has 8 heteroatoms. The van der Waals surface area contributed by atoms with Gasteiger partial charge in [0.1, 0.15) is 5.82 Å². The summed E-state index contributed by atoms with van der Waals surface area (Å²) >= 11 is 22.8. The number of aryl methyl sites for hydroxylation is 6. The van der Waals surface area contributed by atoms with E-state index in [1.54, 1.807) is 12.4 Å². The first-order valence-electron chi connectivity index (χ1n) is 15.3. The van der Waals surface area contributed by atoms with E-state index in [4.69, 9.17) is 33.2 Å². The van der Waals surface area contributed by atoms with E-state index < -0.39 is 4.87 Å². The molecule has 1 fully saturated rings. The Hall–Kier alpha value is -2.90. The quantitative estimate of drug-likeness (QED) is 0.205. The van der Waals surface area contributed by atoms with Gasteiger partial charge in [-0.15, -0.1) is 0 Å². The lowest BCUT2D eigenvalue weighted by molar-refractivity contribution is 0.741. The minimum atomic E-state index is -1.29. The van der Waals surface area contributed by atoms with E-state index in [9.17, 15) is 0 Å². The van der Waals surface area contributed by atoms with Gasteiger partial charge in [0.15, 0.2) is 4.87 Å². The van der Waals surface area contributed by atoms with E-state index in [1.165, 1.54) is 44.6 Å². The van der Waals surface area contributed by atoms with Crippen LogP contribution >= 0.6 is 55.1 Å². The number of pyridine rings is 2. The average molecular weight is 779 g/mol.